The molecule has 0 unspecified atom stereocenters. The molecule has 0 saturated carbocycles. The van der Waals surface area contributed by atoms with E-state index in [1.165, 1.54) is 0 Å². The molecule has 0 saturated heterocycles. The Morgan fingerprint density at radius 2 is 2.12 bits per heavy atom. The number of nitrogen functional groups attached to an aromatic ring is 1. The smallest absolute Gasteiger partial charge is 0.0642 e. The molecule has 0 atom stereocenters. The lowest BCUT2D eigenvalue weighted by Crippen LogP contribution is -1.85. The highest BCUT2D eigenvalue weighted by atomic mass is 35.5. The molecule has 2 heterocycles. The van der Waals surface area contributed by atoms with Crippen LogP contribution in [-0.2, 0) is 0 Å². The van der Waals surface area contributed by atoms with Crippen LogP contribution in [0.5, 0.6) is 0 Å². The lowest BCUT2D eigenvalue weighted by atomic mass is 10.2. The van der Waals surface area contributed by atoms with E-state index in [4.69, 9.17) is 17.3 Å². The van der Waals surface area contributed by atoms with Crippen LogP contribution in [0.25, 0.3) is 22.2 Å². The zero-order valence-electron chi connectivity index (χ0n) is 8.29. The number of anilines is 1. The summed E-state index contributed by atoms with van der Waals surface area (Å²) in [6.45, 7) is 0. The lowest BCUT2D eigenvalue weighted by Gasteiger charge is -1.96. The minimum atomic E-state index is 0.574. The van der Waals surface area contributed by atoms with Gasteiger partial charge in [0.15, 0.2) is 0 Å². The summed E-state index contributed by atoms with van der Waals surface area (Å²) in [7, 11) is 0. The highest BCUT2D eigenvalue weighted by Crippen LogP contribution is 2.29. The van der Waals surface area contributed by atoms with Crippen LogP contribution in [0.1, 0.15) is 0 Å². The van der Waals surface area contributed by atoms with Crippen LogP contribution in [0, 0.1) is 0 Å². The van der Waals surface area contributed by atoms with Gasteiger partial charge in [-0.3, -0.25) is 5.10 Å². The number of aromatic amines is 2. The van der Waals surface area contributed by atoms with Gasteiger partial charge >= 0.3 is 0 Å². The quantitative estimate of drug-likeness (QED) is 0.565. The molecule has 5 heteroatoms. The van der Waals surface area contributed by atoms with Crippen molar-refractivity contribution < 1.29 is 0 Å². The average Bonchev–Trinajstić information content (AvgIpc) is 2.86. The summed E-state index contributed by atoms with van der Waals surface area (Å²) in [5.41, 5.74) is 9.29. The van der Waals surface area contributed by atoms with E-state index in [9.17, 15) is 0 Å². The topological polar surface area (TPSA) is 70.5 Å². The minimum Gasteiger partial charge on any atom is -0.397 e. The molecule has 80 valence electrons. The van der Waals surface area contributed by atoms with Crippen molar-refractivity contribution in [3.63, 3.8) is 0 Å². The van der Waals surface area contributed by atoms with Crippen LogP contribution < -0.4 is 5.73 Å². The molecule has 0 aliphatic carbocycles. The number of fused-ring (bicyclic) bond motifs is 1. The number of rotatable bonds is 1. The molecule has 3 rings (SSSR count). The van der Waals surface area contributed by atoms with Gasteiger partial charge in [0.05, 0.1) is 16.9 Å². The molecule has 4 nitrogen and oxygen atoms in total. The van der Waals surface area contributed by atoms with E-state index >= 15 is 0 Å². The largest absolute Gasteiger partial charge is 0.397 e. The van der Waals surface area contributed by atoms with Gasteiger partial charge in [0.2, 0.25) is 0 Å². The predicted octanol–water partition coefficient (Wildman–Crippen LogP) is 2.79. The lowest BCUT2D eigenvalue weighted by molar-refractivity contribution is 1.09. The summed E-state index contributed by atoms with van der Waals surface area (Å²) in [5, 5.41) is 8.29. The average molecular weight is 233 g/mol. The molecule has 3 aromatic rings. The van der Waals surface area contributed by atoms with Gasteiger partial charge in [0.1, 0.15) is 0 Å². The second-order valence-electron chi connectivity index (χ2n) is 3.63. The van der Waals surface area contributed by atoms with Crippen LogP contribution in [-0.4, -0.2) is 15.2 Å². The third kappa shape index (κ3) is 1.35. The Balaban J connectivity index is 2.23. The van der Waals surface area contributed by atoms with Crippen molar-refractivity contribution in [1.82, 2.24) is 15.2 Å². The molecule has 0 aliphatic rings. The summed E-state index contributed by atoms with van der Waals surface area (Å²) < 4.78 is 0. The zero-order valence-corrected chi connectivity index (χ0v) is 9.05. The normalized spacial score (nSPS) is 11.1. The second-order valence-corrected chi connectivity index (χ2v) is 4.04. The summed E-state index contributed by atoms with van der Waals surface area (Å²) in [6.07, 6.45) is 3.59. The fraction of sp³-hybridized carbons (Fsp3) is 0. The van der Waals surface area contributed by atoms with Crippen molar-refractivity contribution in [2.24, 2.45) is 0 Å². The van der Waals surface area contributed by atoms with Gasteiger partial charge in [-0.2, -0.15) is 5.10 Å². The number of nitrogens with zero attached hydrogens (tertiary/aromatic N) is 1. The first-order chi connectivity index (χ1) is 7.74. The van der Waals surface area contributed by atoms with Gasteiger partial charge in [-0.25, -0.2) is 0 Å². The van der Waals surface area contributed by atoms with Crippen molar-refractivity contribution >= 4 is 28.2 Å². The zero-order chi connectivity index (χ0) is 11.1. The van der Waals surface area contributed by atoms with Gasteiger partial charge in [0, 0.05) is 28.4 Å². The molecule has 2 aromatic heterocycles. The molecule has 1 aromatic carbocycles. The van der Waals surface area contributed by atoms with Crippen molar-refractivity contribution in [3.05, 3.63) is 35.6 Å². The van der Waals surface area contributed by atoms with E-state index < -0.39 is 0 Å². The molecule has 0 radical (unpaired) electrons. The van der Waals surface area contributed by atoms with Gasteiger partial charge in [-0.05, 0) is 18.2 Å². The van der Waals surface area contributed by atoms with Crippen LogP contribution in [0.4, 0.5) is 5.69 Å². The predicted molar refractivity (Wildman–Crippen MR) is 65.3 cm³/mol. The van der Waals surface area contributed by atoms with E-state index in [1.807, 2.05) is 24.4 Å². The van der Waals surface area contributed by atoms with E-state index in [-0.39, 0.29) is 0 Å². The number of nitrogens with two attached hydrogens (primary N) is 1. The minimum absolute atomic E-state index is 0.574. The number of nitrogens with one attached hydrogen (secondary N) is 2. The first kappa shape index (κ1) is 9.30. The Labute approximate surface area is 96.4 Å². The van der Waals surface area contributed by atoms with E-state index in [1.54, 1.807) is 6.20 Å². The van der Waals surface area contributed by atoms with Gasteiger partial charge in [-0.1, -0.05) is 11.6 Å². The van der Waals surface area contributed by atoms with Crippen molar-refractivity contribution in [1.29, 1.82) is 0 Å². The van der Waals surface area contributed by atoms with Crippen molar-refractivity contribution in [2.45, 2.75) is 0 Å². The Bertz CT molecular complexity index is 600. The maximum Gasteiger partial charge on any atom is 0.0642 e. The second kappa shape index (κ2) is 3.28. The number of hydrogen-bond acceptors (Lipinski definition) is 2. The molecular weight excluding hydrogens is 224 g/mol. The highest BCUT2D eigenvalue weighted by molar-refractivity contribution is 6.33. The Morgan fingerprint density at radius 1 is 1.25 bits per heavy atom. The number of benzene rings is 1. The molecule has 4 N–H and O–H groups in total. The molecule has 0 amide bonds. The third-order valence-electron chi connectivity index (χ3n) is 2.55. The van der Waals surface area contributed by atoms with Crippen molar-refractivity contribution in [2.75, 3.05) is 5.73 Å². The molecule has 0 bridgehead atoms. The first-order valence-corrected chi connectivity index (χ1v) is 5.19. The number of aromatic nitrogens is 3. The number of H-pyrrole nitrogens is 2. The summed E-state index contributed by atoms with van der Waals surface area (Å²) in [5.74, 6) is 0. The van der Waals surface area contributed by atoms with Gasteiger partial charge in [0.25, 0.3) is 0 Å². The van der Waals surface area contributed by atoms with E-state index in [2.05, 4.69) is 15.2 Å². The van der Waals surface area contributed by atoms with Crippen LogP contribution in [0.2, 0.25) is 5.02 Å². The van der Waals surface area contributed by atoms with Crippen molar-refractivity contribution in [3.8, 4) is 11.3 Å². The molecule has 0 spiro atoms. The van der Waals surface area contributed by atoms with E-state index in [0.29, 0.717) is 10.7 Å². The van der Waals surface area contributed by atoms with E-state index in [0.717, 1.165) is 22.2 Å². The Kier molecular flexibility index (Phi) is 1.91. The summed E-state index contributed by atoms with van der Waals surface area (Å²) in [6, 6.07) is 5.71. The van der Waals surface area contributed by atoms with Crippen LogP contribution in [0.3, 0.4) is 0 Å². The highest BCUT2D eigenvalue weighted by Gasteiger charge is 2.06. The fourth-order valence-electron chi connectivity index (χ4n) is 1.72. The summed E-state index contributed by atoms with van der Waals surface area (Å²) >= 11 is 5.96. The molecular formula is C11H9ClN4. The van der Waals surface area contributed by atoms with Gasteiger partial charge in [-0.15, -0.1) is 0 Å². The maximum absolute atomic E-state index is 5.96. The standard InChI is InChI=1S/C11H9ClN4/c12-8-1-6-2-10(7-4-14-15-5-7)16-11(6)3-9(8)13/h1-5,16H,13H2,(H,14,15). The fourth-order valence-corrected chi connectivity index (χ4v) is 1.90. The monoisotopic (exact) mass is 232 g/mol. The SMILES string of the molecule is Nc1cc2[nH]c(-c3cn[nH]c3)cc2cc1Cl. The molecule has 0 fully saturated rings. The van der Waals surface area contributed by atoms with Crippen LogP contribution >= 0.6 is 11.6 Å². The summed E-state index contributed by atoms with van der Waals surface area (Å²) in [4.78, 5) is 3.27. The Hall–Kier alpha value is -1.94. The Morgan fingerprint density at radius 3 is 2.88 bits per heavy atom. The number of hydrogen-bond donors (Lipinski definition) is 3. The maximum atomic E-state index is 5.96. The third-order valence-corrected chi connectivity index (χ3v) is 2.87. The first-order valence-electron chi connectivity index (χ1n) is 4.81. The molecule has 0 aliphatic heterocycles. The molecule has 16 heavy (non-hydrogen) atoms. The van der Waals surface area contributed by atoms with Crippen LogP contribution in [0.15, 0.2) is 30.6 Å². The number of halogens is 1. The van der Waals surface area contributed by atoms with Gasteiger partial charge < -0.3 is 10.7 Å².